The van der Waals surface area contributed by atoms with Gasteiger partial charge in [-0.1, -0.05) is 96.5 Å². The Morgan fingerprint density at radius 3 is 1.91 bits per heavy atom. The first kappa shape index (κ1) is 26.3. The predicted molar refractivity (Wildman–Crippen MR) is 195 cm³/mol. The van der Waals surface area contributed by atoms with Crippen LogP contribution in [0.1, 0.15) is 0 Å². The molecule has 0 saturated carbocycles. The first-order valence-corrected chi connectivity index (χ1v) is 16.0. The van der Waals surface area contributed by atoms with Gasteiger partial charge in [-0.15, -0.1) is 0 Å². The quantitative estimate of drug-likeness (QED) is 0.197. The molecule has 0 bridgehead atoms. The summed E-state index contributed by atoms with van der Waals surface area (Å²) in [5, 5.41) is 7.30. The number of para-hydroxylation sites is 4. The van der Waals surface area contributed by atoms with Gasteiger partial charge in [0.15, 0.2) is 0 Å². The molecule has 0 aliphatic carbocycles. The van der Waals surface area contributed by atoms with E-state index in [1.165, 1.54) is 0 Å². The average Bonchev–Trinajstić information content (AvgIpc) is 3.66. The molecule has 0 atom stereocenters. The molecule has 0 amide bonds. The molecular weight excluding hydrogens is 598 g/mol. The molecule has 3 aromatic heterocycles. The third kappa shape index (κ3) is 3.95. The van der Waals surface area contributed by atoms with E-state index in [1.807, 2.05) is 54.6 Å². The highest BCUT2D eigenvalue weighted by atomic mass is 35.5. The molecule has 0 N–H and O–H groups in total. The Hall–Kier alpha value is -5.97. The molecule has 0 saturated heterocycles. The highest BCUT2D eigenvalue weighted by molar-refractivity contribution is 6.43. The lowest BCUT2D eigenvalue weighted by molar-refractivity contribution is 0.669. The summed E-state index contributed by atoms with van der Waals surface area (Å²) in [5.41, 5.74) is 10.3. The minimum absolute atomic E-state index is 0.781. The van der Waals surface area contributed by atoms with Crippen LogP contribution in [0.3, 0.4) is 0 Å². The minimum Gasteiger partial charge on any atom is -0.456 e. The van der Waals surface area contributed by atoms with Crippen LogP contribution in [-0.2, 0) is 0 Å². The van der Waals surface area contributed by atoms with Crippen molar-refractivity contribution in [3.8, 4) is 28.2 Å². The number of aromatic nitrogens is 3. The van der Waals surface area contributed by atoms with Crippen molar-refractivity contribution in [2.24, 2.45) is 0 Å². The molecule has 10 rings (SSSR count). The standard InChI is InChI=1S/C42H24ClN3O/c43-40-29-10-2-1-9-26(29)24-36-39(40)31-12-3-7-15-35(31)46(36)28-20-17-25(18-21-28)41-42(45-34-14-6-5-13-33(34)44-41)27-19-22-38-32(23-27)30-11-4-8-16-37(30)47-38/h1-24H. The van der Waals surface area contributed by atoms with Crippen molar-refractivity contribution in [1.29, 1.82) is 0 Å². The molecule has 47 heavy (non-hydrogen) atoms. The number of furan rings is 1. The molecule has 3 heterocycles. The Bertz CT molecular complexity index is 2860. The average molecular weight is 622 g/mol. The molecule has 0 spiro atoms. The first-order chi connectivity index (χ1) is 23.2. The van der Waals surface area contributed by atoms with Crippen molar-refractivity contribution in [1.82, 2.24) is 14.5 Å². The van der Waals surface area contributed by atoms with Gasteiger partial charge >= 0.3 is 0 Å². The van der Waals surface area contributed by atoms with Gasteiger partial charge in [-0.3, -0.25) is 0 Å². The van der Waals surface area contributed by atoms with Crippen molar-refractivity contribution < 1.29 is 4.42 Å². The summed E-state index contributed by atoms with van der Waals surface area (Å²) in [5.74, 6) is 0. The number of hydrogen-bond donors (Lipinski definition) is 0. The maximum absolute atomic E-state index is 7.11. The number of fused-ring (bicyclic) bond motifs is 8. The Morgan fingerprint density at radius 2 is 1.11 bits per heavy atom. The Balaban J connectivity index is 1.17. The lowest BCUT2D eigenvalue weighted by Gasteiger charge is -2.13. The lowest BCUT2D eigenvalue weighted by atomic mass is 10.0. The minimum atomic E-state index is 0.781. The fraction of sp³-hybridized carbons (Fsp3) is 0. The van der Waals surface area contributed by atoms with Crippen LogP contribution in [0.5, 0.6) is 0 Å². The van der Waals surface area contributed by atoms with Crippen LogP contribution in [0.15, 0.2) is 150 Å². The molecular formula is C42H24ClN3O. The second kappa shape index (κ2) is 10.0. The summed E-state index contributed by atoms with van der Waals surface area (Å²) in [6.45, 7) is 0. The predicted octanol–water partition coefficient (Wildman–Crippen LogP) is 11.8. The van der Waals surface area contributed by atoms with E-state index < -0.39 is 0 Å². The van der Waals surface area contributed by atoms with Crippen LogP contribution >= 0.6 is 11.6 Å². The smallest absolute Gasteiger partial charge is 0.135 e. The van der Waals surface area contributed by atoms with E-state index in [0.717, 1.165) is 98.8 Å². The molecule has 5 heteroatoms. The third-order valence-electron chi connectivity index (χ3n) is 9.24. The summed E-state index contributed by atoms with van der Waals surface area (Å²) in [7, 11) is 0. The fourth-order valence-electron chi connectivity index (χ4n) is 7.05. The third-order valence-corrected chi connectivity index (χ3v) is 9.63. The van der Waals surface area contributed by atoms with Gasteiger partial charge in [-0.05, 0) is 66.0 Å². The number of hydrogen-bond acceptors (Lipinski definition) is 3. The first-order valence-electron chi connectivity index (χ1n) is 15.6. The molecule has 220 valence electrons. The summed E-state index contributed by atoms with van der Waals surface area (Å²) < 4.78 is 8.43. The van der Waals surface area contributed by atoms with Gasteiger partial charge in [0, 0.05) is 43.7 Å². The fourth-order valence-corrected chi connectivity index (χ4v) is 7.42. The molecule has 4 nitrogen and oxygen atoms in total. The summed E-state index contributed by atoms with van der Waals surface area (Å²) in [4.78, 5) is 10.4. The number of halogens is 1. The van der Waals surface area contributed by atoms with Crippen molar-refractivity contribution in [3.63, 3.8) is 0 Å². The molecule has 10 aromatic rings. The zero-order chi connectivity index (χ0) is 31.1. The van der Waals surface area contributed by atoms with E-state index in [-0.39, 0.29) is 0 Å². The second-order valence-electron chi connectivity index (χ2n) is 11.9. The van der Waals surface area contributed by atoms with Crippen molar-refractivity contribution >= 4 is 77.2 Å². The zero-order valence-corrected chi connectivity index (χ0v) is 25.7. The number of nitrogens with zero attached hydrogens (tertiary/aromatic N) is 3. The van der Waals surface area contributed by atoms with E-state index in [0.29, 0.717) is 0 Å². The molecule has 7 aromatic carbocycles. The van der Waals surface area contributed by atoms with Gasteiger partial charge < -0.3 is 8.98 Å². The highest BCUT2D eigenvalue weighted by Gasteiger charge is 2.19. The van der Waals surface area contributed by atoms with Crippen LogP contribution in [0, 0.1) is 0 Å². The van der Waals surface area contributed by atoms with Gasteiger partial charge in [0.2, 0.25) is 0 Å². The molecule has 0 unspecified atom stereocenters. The Morgan fingerprint density at radius 1 is 0.489 bits per heavy atom. The maximum atomic E-state index is 7.11. The molecule has 0 aliphatic rings. The molecule has 0 aliphatic heterocycles. The summed E-state index contributed by atoms with van der Waals surface area (Å²) in [6.07, 6.45) is 0. The van der Waals surface area contributed by atoms with E-state index in [2.05, 4.69) is 95.6 Å². The van der Waals surface area contributed by atoms with Gasteiger partial charge in [-0.2, -0.15) is 0 Å². The summed E-state index contributed by atoms with van der Waals surface area (Å²) >= 11 is 7.11. The zero-order valence-electron chi connectivity index (χ0n) is 25.0. The SMILES string of the molecule is Clc1c2ccccc2cc2c1c1ccccc1n2-c1ccc(-c2nc3ccccc3nc2-c2ccc3oc4ccccc4c3c2)cc1. The van der Waals surface area contributed by atoms with Crippen molar-refractivity contribution in [3.05, 3.63) is 151 Å². The van der Waals surface area contributed by atoms with Crippen molar-refractivity contribution in [2.75, 3.05) is 0 Å². The number of rotatable bonds is 3. The maximum Gasteiger partial charge on any atom is 0.135 e. The van der Waals surface area contributed by atoms with E-state index in [4.69, 9.17) is 26.0 Å². The van der Waals surface area contributed by atoms with E-state index >= 15 is 0 Å². The number of benzene rings is 7. The van der Waals surface area contributed by atoms with Gasteiger partial charge in [-0.25, -0.2) is 9.97 Å². The monoisotopic (exact) mass is 621 g/mol. The van der Waals surface area contributed by atoms with Gasteiger partial charge in [0.05, 0.1) is 38.5 Å². The normalized spacial score (nSPS) is 11.9. The van der Waals surface area contributed by atoms with Crippen LogP contribution in [0.2, 0.25) is 5.02 Å². The largest absolute Gasteiger partial charge is 0.456 e. The molecule has 0 radical (unpaired) electrons. The van der Waals surface area contributed by atoms with E-state index in [9.17, 15) is 0 Å². The van der Waals surface area contributed by atoms with Crippen LogP contribution in [0.4, 0.5) is 0 Å². The Kier molecular flexibility index (Phi) is 5.60. The molecule has 0 fully saturated rings. The van der Waals surface area contributed by atoms with Crippen molar-refractivity contribution in [2.45, 2.75) is 0 Å². The van der Waals surface area contributed by atoms with E-state index in [1.54, 1.807) is 0 Å². The topological polar surface area (TPSA) is 43.9 Å². The van der Waals surface area contributed by atoms with Crippen LogP contribution < -0.4 is 0 Å². The summed E-state index contributed by atoms with van der Waals surface area (Å²) in [6, 6.07) is 50.1. The second-order valence-corrected chi connectivity index (χ2v) is 12.3. The Labute approximate surface area is 274 Å². The van der Waals surface area contributed by atoms with Crippen LogP contribution in [-0.4, -0.2) is 14.5 Å². The van der Waals surface area contributed by atoms with Gasteiger partial charge in [0.1, 0.15) is 11.2 Å². The van der Waals surface area contributed by atoms with Crippen LogP contribution in [0.25, 0.3) is 93.8 Å². The highest BCUT2D eigenvalue weighted by Crippen LogP contribution is 2.41. The van der Waals surface area contributed by atoms with Gasteiger partial charge in [0.25, 0.3) is 0 Å². The lowest BCUT2D eigenvalue weighted by Crippen LogP contribution is -1.97.